The molecule has 8 heteroatoms. The molecule has 0 unspecified atom stereocenters. The van der Waals surface area contributed by atoms with Crippen molar-refractivity contribution in [3.63, 3.8) is 0 Å². The van der Waals surface area contributed by atoms with E-state index < -0.39 is 0 Å². The van der Waals surface area contributed by atoms with E-state index in [0.717, 1.165) is 13.1 Å². The van der Waals surface area contributed by atoms with Crippen molar-refractivity contribution < 1.29 is 9.53 Å². The van der Waals surface area contributed by atoms with E-state index in [-0.39, 0.29) is 11.6 Å². The number of aromatic nitrogens is 2. The van der Waals surface area contributed by atoms with E-state index in [4.69, 9.17) is 27.9 Å². The first-order chi connectivity index (χ1) is 11.5. The number of carbonyl (C=O) groups is 1. The minimum absolute atomic E-state index is 0.278. The van der Waals surface area contributed by atoms with Gasteiger partial charge in [-0.1, -0.05) is 23.2 Å². The van der Waals surface area contributed by atoms with Crippen molar-refractivity contribution in [2.45, 2.75) is 6.92 Å². The molecule has 1 aromatic carbocycles. The van der Waals surface area contributed by atoms with Crippen LogP contribution < -0.4 is 10.2 Å². The zero-order chi connectivity index (χ0) is 17.1. The lowest BCUT2D eigenvalue weighted by molar-refractivity contribution is 0.102. The number of benzene rings is 1. The van der Waals surface area contributed by atoms with Crippen LogP contribution in [0.1, 0.15) is 16.3 Å². The minimum Gasteiger partial charge on any atom is -0.378 e. The molecule has 0 aliphatic carbocycles. The van der Waals surface area contributed by atoms with Crippen LogP contribution in [-0.2, 0) is 4.74 Å². The first-order valence-electron chi connectivity index (χ1n) is 7.48. The summed E-state index contributed by atoms with van der Waals surface area (Å²) in [7, 11) is 0. The Kier molecular flexibility index (Phi) is 5.18. The average Bonchev–Trinajstić information content (AvgIpc) is 2.58. The maximum atomic E-state index is 12.5. The van der Waals surface area contributed by atoms with Gasteiger partial charge in [0.1, 0.15) is 17.3 Å². The molecule has 3 rings (SSSR count). The zero-order valence-corrected chi connectivity index (χ0v) is 14.6. The number of carbonyl (C=O) groups excluding carboxylic acids is 1. The van der Waals surface area contributed by atoms with Crippen LogP contribution in [0.3, 0.4) is 0 Å². The molecule has 1 saturated heterocycles. The van der Waals surface area contributed by atoms with Gasteiger partial charge in [-0.3, -0.25) is 4.79 Å². The fourth-order valence-corrected chi connectivity index (χ4v) is 2.74. The highest BCUT2D eigenvalue weighted by atomic mass is 35.5. The summed E-state index contributed by atoms with van der Waals surface area (Å²) in [6, 6.07) is 6.56. The molecule has 2 heterocycles. The molecule has 0 bridgehead atoms. The van der Waals surface area contributed by atoms with Crippen molar-refractivity contribution in [3.8, 4) is 0 Å². The number of amides is 1. The number of morpholine rings is 1. The van der Waals surface area contributed by atoms with E-state index in [0.29, 0.717) is 40.6 Å². The van der Waals surface area contributed by atoms with Crippen molar-refractivity contribution in [2.24, 2.45) is 0 Å². The summed E-state index contributed by atoms with van der Waals surface area (Å²) in [5, 5.41) is 3.63. The summed E-state index contributed by atoms with van der Waals surface area (Å²) in [5.41, 5.74) is 0.721. The van der Waals surface area contributed by atoms with Crippen molar-refractivity contribution in [2.75, 3.05) is 36.5 Å². The van der Waals surface area contributed by atoms with Gasteiger partial charge in [0.05, 0.1) is 23.9 Å². The Morgan fingerprint density at radius 1 is 1.21 bits per heavy atom. The predicted molar refractivity (Wildman–Crippen MR) is 94.2 cm³/mol. The number of hydrogen-bond acceptors (Lipinski definition) is 5. The van der Waals surface area contributed by atoms with Crippen molar-refractivity contribution >= 4 is 40.6 Å². The van der Waals surface area contributed by atoms with Gasteiger partial charge < -0.3 is 15.0 Å². The Balaban J connectivity index is 1.84. The van der Waals surface area contributed by atoms with E-state index in [1.807, 2.05) is 0 Å². The summed E-state index contributed by atoms with van der Waals surface area (Å²) in [6.07, 6.45) is 0. The van der Waals surface area contributed by atoms with Gasteiger partial charge >= 0.3 is 0 Å². The molecule has 6 nitrogen and oxygen atoms in total. The number of halogens is 2. The number of ether oxygens (including phenoxy) is 1. The molecule has 2 aromatic rings. The number of rotatable bonds is 3. The van der Waals surface area contributed by atoms with Gasteiger partial charge in [-0.15, -0.1) is 0 Å². The number of anilines is 2. The fourth-order valence-electron chi connectivity index (χ4n) is 2.40. The summed E-state index contributed by atoms with van der Waals surface area (Å²) < 4.78 is 5.34. The molecule has 24 heavy (non-hydrogen) atoms. The molecular formula is C16H16Cl2N4O2. The predicted octanol–water partition coefficient (Wildman–Crippen LogP) is 3.18. The number of nitrogens with zero attached hydrogens (tertiary/aromatic N) is 3. The molecule has 0 saturated carbocycles. The highest BCUT2D eigenvalue weighted by Gasteiger charge is 2.17. The molecule has 126 valence electrons. The summed E-state index contributed by atoms with van der Waals surface area (Å²) in [5.74, 6) is 0.883. The lowest BCUT2D eigenvalue weighted by atomic mass is 10.3. The third-order valence-electron chi connectivity index (χ3n) is 3.57. The van der Waals surface area contributed by atoms with Gasteiger partial charge in [-0.2, -0.15) is 0 Å². The highest BCUT2D eigenvalue weighted by molar-refractivity contribution is 6.35. The van der Waals surface area contributed by atoms with E-state index in [1.54, 1.807) is 31.2 Å². The van der Waals surface area contributed by atoms with Crippen molar-refractivity contribution in [1.82, 2.24) is 9.97 Å². The van der Waals surface area contributed by atoms with Gasteiger partial charge in [0, 0.05) is 24.2 Å². The first kappa shape index (κ1) is 17.0. The number of aryl methyl sites for hydroxylation is 1. The topological polar surface area (TPSA) is 67.4 Å². The van der Waals surface area contributed by atoms with Crippen LogP contribution >= 0.6 is 23.2 Å². The van der Waals surface area contributed by atoms with Gasteiger partial charge in [-0.05, 0) is 25.1 Å². The second-order valence-corrected chi connectivity index (χ2v) is 6.18. The Bertz CT molecular complexity index is 764. The second-order valence-electron chi connectivity index (χ2n) is 5.34. The third kappa shape index (κ3) is 3.95. The molecule has 0 radical (unpaired) electrons. The van der Waals surface area contributed by atoms with E-state index >= 15 is 0 Å². The van der Waals surface area contributed by atoms with Gasteiger partial charge in [0.25, 0.3) is 5.91 Å². The first-order valence-corrected chi connectivity index (χ1v) is 8.23. The van der Waals surface area contributed by atoms with Crippen LogP contribution in [0.2, 0.25) is 10.0 Å². The zero-order valence-electron chi connectivity index (χ0n) is 13.1. The van der Waals surface area contributed by atoms with E-state index in [2.05, 4.69) is 20.2 Å². The summed E-state index contributed by atoms with van der Waals surface area (Å²) in [4.78, 5) is 23.2. The van der Waals surface area contributed by atoms with E-state index in [1.165, 1.54) is 0 Å². The second kappa shape index (κ2) is 7.34. The Morgan fingerprint density at radius 2 is 1.96 bits per heavy atom. The molecule has 0 spiro atoms. The van der Waals surface area contributed by atoms with Crippen molar-refractivity contribution in [3.05, 3.63) is 45.8 Å². The standard InChI is InChI=1S/C16H16Cl2N4O2/c1-10-19-14(9-15(20-10)22-4-6-24-7-5-22)16(23)21-13-8-11(17)2-3-12(13)18/h2-3,8-9H,4-7H2,1H3,(H,21,23). The quantitative estimate of drug-likeness (QED) is 0.903. The normalized spacial score (nSPS) is 14.5. The van der Waals surface area contributed by atoms with Gasteiger partial charge in [-0.25, -0.2) is 9.97 Å². The van der Waals surface area contributed by atoms with E-state index in [9.17, 15) is 4.79 Å². The Morgan fingerprint density at radius 3 is 2.71 bits per heavy atom. The summed E-state index contributed by atoms with van der Waals surface area (Å²) in [6.45, 7) is 4.51. The molecule has 1 N–H and O–H groups in total. The third-order valence-corrected chi connectivity index (χ3v) is 4.13. The molecule has 1 aromatic heterocycles. The molecule has 1 aliphatic heterocycles. The van der Waals surface area contributed by atoms with Crippen LogP contribution in [0.15, 0.2) is 24.3 Å². The lowest BCUT2D eigenvalue weighted by Crippen LogP contribution is -2.37. The largest absolute Gasteiger partial charge is 0.378 e. The maximum absolute atomic E-state index is 12.5. The van der Waals surface area contributed by atoms with Crippen LogP contribution in [0, 0.1) is 6.92 Å². The van der Waals surface area contributed by atoms with Crippen molar-refractivity contribution in [1.29, 1.82) is 0 Å². The van der Waals surface area contributed by atoms with Crippen LogP contribution in [0.4, 0.5) is 11.5 Å². The van der Waals surface area contributed by atoms with Gasteiger partial charge in [0.15, 0.2) is 0 Å². The molecule has 0 atom stereocenters. The monoisotopic (exact) mass is 366 g/mol. The number of hydrogen-bond donors (Lipinski definition) is 1. The molecule has 1 fully saturated rings. The molecule has 1 amide bonds. The fraction of sp³-hybridized carbons (Fsp3) is 0.312. The lowest BCUT2D eigenvalue weighted by Gasteiger charge is -2.28. The average molecular weight is 367 g/mol. The highest BCUT2D eigenvalue weighted by Crippen LogP contribution is 2.26. The minimum atomic E-state index is -0.362. The van der Waals surface area contributed by atoms with Gasteiger partial charge in [0.2, 0.25) is 0 Å². The molecule has 1 aliphatic rings. The van der Waals surface area contributed by atoms with Crippen LogP contribution in [-0.4, -0.2) is 42.2 Å². The SMILES string of the molecule is Cc1nc(C(=O)Nc2cc(Cl)ccc2Cl)cc(N2CCOCC2)n1. The van der Waals surface area contributed by atoms with Crippen LogP contribution in [0.25, 0.3) is 0 Å². The Labute approximate surface area is 149 Å². The van der Waals surface area contributed by atoms with Crippen LogP contribution in [0.5, 0.6) is 0 Å². The maximum Gasteiger partial charge on any atom is 0.274 e. The molecular weight excluding hydrogens is 351 g/mol. The Hall–Kier alpha value is -1.89. The summed E-state index contributed by atoms with van der Waals surface area (Å²) >= 11 is 12.0. The smallest absolute Gasteiger partial charge is 0.274 e. The number of nitrogens with one attached hydrogen (secondary N) is 1.